The largest absolute Gasteiger partial charge is 0.616 e. The number of aliphatic hydroxyl groups excluding tert-OH is 1. The molecule has 2 atom stereocenters. The molecule has 1 aromatic rings. The second-order valence-electron chi connectivity index (χ2n) is 10.4. The normalized spacial score (nSPS) is 13.0. The van der Waals surface area contributed by atoms with Gasteiger partial charge in [0.1, 0.15) is 11.5 Å². The van der Waals surface area contributed by atoms with Gasteiger partial charge in [0, 0.05) is 19.0 Å². The summed E-state index contributed by atoms with van der Waals surface area (Å²) in [6.07, 6.45) is 24.4. The summed E-state index contributed by atoms with van der Waals surface area (Å²) >= 11 is -1.12. The van der Waals surface area contributed by atoms with Gasteiger partial charge in [-0.05, 0) is 23.7 Å². The van der Waals surface area contributed by atoms with Gasteiger partial charge in [0.2, 0.25) is 0 Å². The molecule has 1 heterocycles. The first kappa shape index (κ1) is 37.1. The molecule has 8 nitrogen and oxygen atoms in total. The molecule has 0 bridgehead atoms. The van der Waals surface area contributed by atoms with Crippen LogP contribution in [0.1, 0.15) is 110 Å². The smallest absolute Gasteiger partial charge is 0.316 e. The monoisotopic (exact) mass is 586 g/mol. The Kier molecular flexibility index (Phi) is 27.3. The maximum absolute atomic E-state index is 12.6. The quantitative estimate of drug-likeness (QED) is 0.0801. The molecule has 1 rings (SSSR count). The fourth-order valence-electron chi connectivity index (χ4n) is 4.41. The molecule has 0 radical (unpaired) electrons. The molecule has 0 spiro atoms. The summed E-state index contributed by atoms with van der Waals surface area (Å²) in [5, 5.41) is 8.69. The van der Waals surface area contributed by atoms with Crippen LogP contribution < -0.4 is 4.74 Å². The molecule has 234 valence electrons. The predicted molar refractivity (Wildman–Crippen MR) is 163 cm³/mol. The van der Waals surface area contributed by atoms with Gasteiger partial charge in [0.25, 0.3) is 0 Å². The Hall–Kier alpha value is -0.970. The van der Waals surface area contributed by atoms with Crippen molar-refractivity contribution >= 4 is 11.2 Å². The van der Waals surface area contributed by atoms with E-state index in [2.05, 4.69) is 16.9 Å². The average molecular weight is 587 g/mol. The third-order valence-corrected chi connectivity index (χ3v) is 8.06. The zero-order valence-corrected chi connectivity index (χ0v) is 26.1. The third-order valence-electron chi connectivity index (χ3n) is 6.69. The molecule has 0 aliphatic carbocycles. The van der Waals surface area contributed by atoms with Gasteiger partial charge in [0.15, 0.2) is 6.10 Å². The second-order valence-corrected chi connectivity index (χ2v) is 12.0. The molecular formula is C31H58N2O6S. The van der Waals surface area contributed by atoms with Crippen molar-refractivity contribution in [2.24, 2.45) is 0 Å². The molecule has 9 heteroatoms. The molecule has 0 amide bonds. The van der Waals surface area contributed by atoms with Crippen molar-refractivity contribution in [1.29, 1.82) is 0 Å². The number of rotatable bonds is 31. The van der Waals surface area contributed by atoms with Crippen molar-refractivity contribution < 1.29 is 28.6 Å². The van der Waals surface area contributed by atoms with E-state index in [1.54, 1.807) is 18.5 Å². The Morgan fingerprint density at radius 2 is 1.23 bits per heavy atom. The van der Waals surface area contributed by atoms with E-state index in [4.69, 9.17) is 24.1 Å². The van der Waals surface area contributed by atoms with Crippen molar-refractivity contribution in [2.75, 3.05) is 57.8 Å². The molecule has 1 aromatic heterocycles. The van der Waals surface area contributed by atoms with Crippen molar-refractivity contribution in [2.45, 2.75) is 116 Å². The summed E-state index contributed by atoms with van der Waals surface area (Å²) < 4.78 is 34.9. The Bertz CT molecular complexity index is 631. The van der Waals surface area contributed by atoms with E-state index in [-0.39, 0.29) is 18.7 Å². The van der Waals surface area contributed by atoms with Crippen molar-refractivity contribution in [3.05, 3.63) is 18.5 Å². The van der Waals surface area contributed by atoms with Crippen LogP contribution in [0.2, 0.25) is 0 Å². The predicted octanol–water partition coefficient (Wildman–Crippen LogP) is 6.28. The molecule has 0 aliphatic rings. The van der Waals surface area contributed by atoms with Crippen LogP contribution in [0.15, 0.2) is 18.5 Å². The van der Waals surface area contributed by atoms with Crippen LogP contribution in [0, 0.1) is 0 Å². The van der Waals surface area contributed by atoms with Crippen LogP contribution in [0.4, 0.5) is 0 Å². The highest BCUT2D eigenvalue weighted by Crippen LogP contribution is 2.14. The number of unbranched alkanes of at least 4 members (excludes halogenated alkanes) is 15. The SMILES string of the molecule is CCCCCCCCCCCCCCCCCCOCC(C[S+]([O-])CCOCCOCCO)Oc1ncccn1. The standard InChI is InChI=1S/C31H58N2O6S/c1-2-3-4-5-6-7-8-9-10-11-12-13-14-15-16-17-22-38-28-30(39-31-32-19-18-20-33-31)29-40(35)27-26-37-25-24-36-23-21-34/h18-20,30,34H,2-17,21-29H2,1H3. The fraction of sp³-hybridized carbons (Fsp3) is 0.871. The molecule has 1 N–H and O–H groups in total. The van der Waals surface area contributed by atoms with E-state index in [1.165, 1.54) is 96.3 Å². The Morgan fingerprint density at radius 3 is 1.77 bits per heavy atom. The minimum atomic E-state index is -1.12. The molecule has 0 aromatic carbocycles. The lowest BCUT2D eigenvalue weighted by atomic mass is 10.0. The van der Waals surface area contributed by atoms with Crippen molar-refractivity contribution in [3.8, 4) is 6.01 Å². The van der Waals surface area contributed by atoms with Crippen LogP contribution in [0.3, 0.4) is 0 Å². The molecule has 0 saturated carbocycles. The van der Waals surface area contributed by atoms with E-state index in [9.17, 15) is 4.55 Å². The van der Waals surface area contributed by atoms with Crippen LogP contribution in [0.5, 0.6) is 6.01 Å². The Labute approximate surface area is 247 Å². The number of nitrogens with zero attached hydrogens (tertiary/aromatic N) is 2. The van der Waals surface area contributed by atoms with Gasteiger partial charge in [-0.25, -0.2) is 9.97 Å². The van der Waals surface area contributed by atoms with Gasteiger partial charge in [-0.2, -0.15) is 0 Å². The van der Waals surface area contributed by atoms with Crippen LogP contribution in [-0.4, -0.2) is 83.5 Å². The number of ether oxygens (including phenoxy) is 4. The number of aromatic nitrogens is 2. The van der Waals surface area contributed by atoms with Crippen molar-refractivity contribution in [3.63, 3.8) is 0 Å². The van der Waals surface area contributed by atoms with Gasteiger partial charge in [-0.1, -0.05) is 103 Å². The highest BCUT2D eigenvalue weighted by molar-refractivity contribution is 7.91. The number of hydrogen-bond acceptors (Lipinski definition) is 8. The van der Waals surface area contributed by atoms with E-state index in [0.29, 0.717) is 51.1 Å². The molecule has 40 heavy (non-hydrogen) atoms. The maximum Gasteiger partial charge on any atom is 0.316 e. The van der Waals surface area contributed by atoms with Gasteiger partial charge in [-0.3, -0.25) is 0 Å². The Balaban J connectivity index is 2.04. The lowest BCUT2D eigenvalue weighted by molar-refractivity contribution is 0.0373. The second kappa shape index (κ2) is 29.5. The first-order valence-electron chi connectivity index (χ1n) is 15.9. The van der Waals surface area contributed by atoms with Crippen LogP contribution >= 0.6 is 0 Å². The topological polar surface area (TPSA) is 106 Å². The van der Waals surface area contributed by atoms with Gasteiger partial charge >= 0.3 is 6.01 Å². The lowest BCUT2D eigenvalue weighted by Crippen LogP contribution is -2.34. The van der Waals surface area contributed by atoms with Crippen LogP contribution in [-0.2, 0) is 25.4 Å². The third kappa shape index (κ3) is 24.8. The minimum Gasteiger partial charge on any atom is -0.616 e. The van der Waals surface area contributed by atoms with E-state index >= 15 is 0 Å². The zero-order valence-electron chi connectivity index (χ0n) is 25.3. The highest BCUT2D eigenvalue weighted by Gasteiger charge is 2.20. The van der Waals surface area contributed by atoms with Crippen LogP contribution in [0.25, 0.3) is 0 Å². The fourth-order valence-corrected chi connectivity index (χ4v) is 5.46. The average Bonchev–Trinajstić information content (AvgIpc) is 2.96. The molecule has 0 aliphatic heterocycles. The first-order chi connectivity index (χ1) is 19.8. The van der Waals surface area contributed by atoms with E-state index in [1.807, 2.05) is 0 Å². The van der Waals surface area contributed by atoms with E-state index in [0.717, 1.165) is 6.42 Å². The molecule has 0 saturated heterocycles. The summed E-state index contributed by atoms with van der Waals surface area (Å²) in [5.74, 6) is 0.746. The molecular weight excluding hydrogens is 528 g/mol. The zero-order chi connectivity index (χ0) is 28.8. The summed E-state index contributed by atoms with van der Waals surface area (Å²) in [4.78, 5) is 8.25. The minimum absolute atomic E-state index is 0.00190. The molecule has 0 fully saturated rings. The maximum atomic E-state index is 12.6. The summed E-state index contributed by atoms with van der Waals surface area (Å²) in [6.45, 7) is 4.82. The number of aliphatic hydroxyl groups is 1. The van der Waals surface area contributed by atoms with Crippen molar-refractivity contribution in [1.82, 2.24) is 9.97 Å². The highest BCUT2D eigenvalue weighted by atomic mass is 32.2. The lowest BCUT2D eigenvalue weighted by Gasteiger charge is -2.20. The van der Waals surface area contributed by atoms with Gasteiger partial charge in [0.05, 0.1) is 39.6 Å². The summed E-state index contributed by atoms with van der Waals surface area (Å²) in [7, 11) is 0. The van der Waals surface area contributed by atoms with Gasteiger partial charge < -0.3 is 28.6 Å². The summed E-state index contributed by atoms with van der Waals surface area (Å²) in [6, 6.07) is 2.00. The summed E-state index contributed by atoms with van der Waals surface area (Å²) in [5.41, 5.74) is 0. The first-order valence-corrected chi connectivity index (χ1v) is 17.4. The Morgan fingerprint density at radius 1 is 0.700 bits per heavy atom. The molecule has 2 unspecified atom stereocenters. The van der Waals surface area contributed by atoms with Gasteiger partial charge in [-0.15, -0.1) is 0 Å². The van der Waals surface area contributed by atoms with E-state index < -0.39 is 11.2 Å². The number of hydrogen-bond donors (Lipinski definition) is 1.